The molecule has 0 amide bonds. The maximum atomic E-state index is 12.8. The number of nitrogens with zero attached hydrogens (tertiary/aromatic N) is 8. The molecule has 0 N–H and O–H groups in total. The molecular formula is C113H123Br3Cl4N8O8. The molecule has 12 aromatic rings. The van der Waals surface area contributed by atoms with Crippen LogP contribution in [-0.2, 0) is 26.2 Å². The lowest BCUT2D eigenvalue weighted by Gasteiger charge is -2.39. The molecule has 20 rings (SSSR count). The quantitative estimate of drug-likeness (QED) is 0.0366. The second-order valence-corrected chi connectivity index (χ2v) is 44.0. The van der Waals surface area contributed by atoms with Crippen LogP contribution < -0.4 is 0 Å². The Labute approximate surface area is 844 Å². The smallest absolute Gasteiger partial charge is 0.163 e. The van der Waals surface area contributed by atoms with Crippen LogP contribution in [0.25, 0.3) is 43.6 Å². The molecule has 0 aliphatic carbocycles. The second kappa shape index (κ2) is 44.7. The number of hydrogen-bond donors (Lipinski definition) is 0. The molecule has 4 aromatic heterocycles. The number of carbonyl (C=O) groups excluding carboxylic acids is 8. The average Bonchev–Trinajstić information content (AvgIpc) is 1.41. The number of fused-ring (bicyclic) bond motifs is 12. The van der Waals surface area contributed by atoms with Gasteiger partial charge in [-0.1, -0.05) is 125 Å². The first-order valence-electron chi connectivity index (χ1n) is 49.3. The molecule has 8 bridgehead atoms. The van der Waals surface area contributed by atoms with E-state index < -0.39 is 0 Å². The average molecular weight is 2100 g/mol. The van der Waals surface area contributed by atoms with Crippen molar-refractivity contribution >= 4 is 184 Å². The van der Waals surface area contributed by atoms with E-state index in [1.165, 1.54) is 51.4 Å². The van der Waals surface area contributed by atoms with Gasteiger partial charge in [0.25, 0.3) is 0 Å². The van der Waals surface area contributed by atoms with Crippen molar-refractivity contribution in [3.05, 3.63) is 278 Å². The number of piperidine rings is 4. The van der Waals surface area contributed by atoms with Gasteiger partial charge in [-0.05, 0) is 332 Å². The summed E-state index contributed by atoms with van der Waals surface area (Å²) in [5.74, 6) is 3.32. The van der Waals surface area contributed by atoms with E-state index in [4.69, 9.17) is 46.4 Å². The van der Waals surface area contributed by atoms with Crippen LogP contribution in [0, 0.1) is 30.6 Å². The van der Waals surface area contributed by atoms with E-state index in [1.54, 1.807) is 64.1 Å². The molecule has 8 aromatic carbocycles. The predicted octanol–water partition coefficient (Wildman–Crippen LogP) is 28.2. The fourth-order valence-electron chi connectivity index (χ4n) is 24.9. The Hall–Kier alpha value is -8.28. The number of halogens is 7. The van der Waals surface area contributed by atoms with Gasteiger partial charge in [0, 0.05) is 245 Å². The van der Waals surface area contributed by atoms with Crippen LogP contribution in [0.5, 0.6) is 0 Å². The summed E-state index contributed by atoms with van der Waals surface area (Å²) in [5.41, 5.74) is 11.7. The maximum Gasteiger partial charge on any atom is 0.163 e. The van der Waals surface area contributed by atoms with Crippen molar-refractivity contribution in [3.63, 3.8) is 0 Å². The van der Waals surface area contributed by atoms with Gasteiger partial charge in [0.05, 0.1) is 27.1 Å². The Balaban J connectivity index is 0.000000126. The number of Topliss-reactive ketones (excluding diaryl/α,β-unsaturated/α-hetero) is 8. The molecule has 136 heavy (non-hydrogen) atoms. The van der Waals surface area contributed by atoms with Gasteiger partial charge in [-0.2, -0.15) is 0 Å². The number of aryl methyl sites for hydroxylation is 4. The van der Waals surface area contributed by atoms with E-state index in [0.717, 1.165) is 237 Å². The van der Waals surface area contributed by atoms with E-state index in [0.29, 0.717) is 124 Å². The zero-order chi connectivity index (χ0) is 95.3. The van der Waals surface area contributed by atoms with E-state index in [-0.39, 0.29) is 40.5 Å². The van der Waals surface area contributed by atoms with E-state index in [2.05, 4.69) is 105 Å². The summed E-state index contributed by atoms with van der Waals surface area (Å²) < 4.78 is 12.0. The molecule has 8 saturated heterocycles. The van der Waals surface area contributed by atoms with Gasteiger partial charge in [0.2, 0.25) is 0 Å². The van der Waals surface area contributed by atoms with Gasteiger partial charge in [0.15, 0.2) is 46.3 Å². The molecule has 8 aliphatic rings. The van der Waals surface area contributed by atoms with Crippen LogP contribution in [0.2, 0.25) is 20.1 Å². The summed E-state index contributed by atoms with van der Waals surface area (Å²) in [6.07, 6.45) is 31.6. The topological polar surface area (TPSA) is 169 Å². The van der Waals surface area contributed by atoms with Crippen molar-refractivity contribution in [1.82, 2.24) is 37.9 Å². The SMILES string of the molecule is CC(=O)c1c(C)n(CCCN2C3CCC2CC(CC(=O)c2ccc(Cl)cc2)C3)c2c(Br)cccc12.CC(=O)c1cn(CCCN2C3CCC2CC(CC(=O)c2ccc(Cl)cc2)C3)c2c(Br)cccc12.CC(=O)c1cn(CCCN2C3CCC2CC(CC(=O)c2ccc(Cl)cc2)C3)c2c(Cl)cccc12.CC(=O)c1cn(CCCN2C3CCC2CC(CC(=O)c2ccccc2)C3)c2c(Br)cccc12. The van der Waals surface area contributed by atoms with Gasteiger partial charge in [-0.3, -0.25) is 58.0 Å². The van der Waals surface area contributed by atoms with Crippen LogP contribution >= 0.6 is 94.2 Å². The summed E-state index contributed by atoms with van der Waals surface area (Å²) in [4.78, 5) is 111. The molecule has 0 radical (unpaired) electrons. The van der Waals surface area contributed by atoms with Crippen molar-refractivity contribution in [2.24, 2.45) is 23.7 Å². The highest BCUT2D eigenvalue weighted by Gasteiger charge is 2.45. The summed E-state index contributed by atoms with van der Waals surface area (Å²) in [6.45, 7) is 16.4. The Bertz CT molecular complexity index is 6160. The molecule has 0 spiro atoms. The highest BCUT2D eigenvalue weighted by molar-refractivity contribution is 9.11. The number of benzene rings is 8. The first-order chi connectivity index (χ1) is 65.6. The minimum atomic E-state index is 0.0688. The van der Waals surface area contributed by atoms with E-state index in [9.17, 15) is 38.4 Å². The van der Waals surface area contributed by atoms with E-state index >= 15 is 0 Å². The largest absolute Gasteiger partial charge is 0.346 e. The highest BCUT2D eigenvalue weighted by Crippen LogP contribution is 2.47. The van der Waals surface area contributed by atoms with Gasteiger partial charge >= 0.3 is 0 Å². The minimum absolute atomic E-state index is 0.0688. The van der Waals surface area contributed by atoms with Crippen LogP contribution in [-0.4, -0.2) is 159 Å². The van der Waals surface area contributed by atoms with Crippen LogP contribution in [0.1, 0.15) is 270 Å². The first-order valence-corrected chi connectivity index (χ1v) is 53.1. The van der Waals surface area contributed by atoms with Gasteiger partial charge in [0.1, 0.15) is 0 Å². The molecule has 0 saturated carbocycles. The van der Waals surface area contributed by atoms with Crippen LogP contribution in [0.3, 0.4) is 0 Å². The molecule has 12 heterocycles. The predicted molar refractivity (Wildman–Crippen MR) is 561 cm³/mol. The first kappa shape index (κ1) is 99.3. The maximum absolute atomic E-state index is 12.8. The minimum Gasteiger partial charge on any atom is -0.346 e. The van der Waals surface area contributed by atoms with E-state index in [1.807, 2.05) is 146 Å². The molecule has 8 fully saturated rings. The molecule has 16 nitrogen and oxygen atoms in total. The molecule has 8 aliphatic heterocycles. The summed E-state index contributed by atoms with van der Waals surface area (Å²) in [5, 5.41) is 6.71. The molecule has 23 heteroatoms. The zero-order valence-corrected chi connectivity index (χ0v) is 86.3. The molecule has 8 unspecified atom stereocenters. The number of rotatable bonds is 32. The van der Waals surface area contributed by atoms with Gasteiger partial charge in [-0.15, -0.1) is 0 Å². The lowest BCUT2D eigenvalue weighted by atomic mass is 9.85. The lowest BCUT2D eigenvalue weighted by molar-refractivity contribution is 0.0800. The fraction of sp³-hybridized carbons (Fsp3) is 0.434. The Morgan fingerprint density at radius 2 is 0.566 bits per heavy atom. The lowest BCUT2D eigenvalue weighted by Crippen LogP contribution is -2.43. The third-order valence-corrected chi connectivity index (χ3v) is 34.0. The molecule has 712 valence electrons. The number of ketones is 8. The second-order valence-electron chi connectivity index (χ2n) is 39.7. The number of hydrogen-bond acceptors (Lipinski definition) is 12. The molecule has 8 atom stereocenters. The highest BCUT2D eigenvalue weighted by atomic mass is 79.9. The normalized spacial score (nSPS) is 22.4. The number of para-hydroxylation sites is 4. The van der Waals surface area contributed by atoms with Crippen molar-refractivity contribution in [1.29, 1.82) is 0 Å². The van der Waals surface area contributed by atoms with Gasteiger partial charge < -0.3 is 18.3 Å². The standard InChI is InChI=1S/C29H32BrClN2O2.C28H30BrClN2O2.C28H31BrN2O2.C28H30Cl2N2O2/c1-18-28(19(2)34)25-5-3-6-26(30)29(25)32(18)13-4-14-33-23-11-12-24(33)16-20(15-23)17-27(35)21-7-9-22(31)10-8-21;1-18(33)25-17-31(28-24(25)4-2-5-26(28)29)12-3-13-32-22-10-11-23(32)15-19(14-22)16-27(34)20-6-8-21(30)9-7-20;1-19(32)25-18-30(28-24(25)9-5-10-26(28)29)13-6-14-31-22-11-12-23(31)16-20(15-22)17-27(33)21-7-3-2-4-8-21;1-18(33)25-17-31(28-24(25)4-2-5-26(28)30)12-3-13-32-22-10-11-23(32)15-19(14-22)16-27(34)20-6-8-21(29)9-7-20/h3,5-10,20,23-24H,4,11-17H2,1-2H3;2,4-9,17,19,22-23H,3,10-16H2,1H3;2-5,7-10,18,20,22-23H,6,11-17H2,1H3;2,4-9,17,19,22-23H,3,10-16H2,1H3. The van der Waals surface area contributed by atoms with Crippen molar-refractivity contribution in [2.75, 3.05) is 26.2 Å². The van der Waals surface area contributed by atoms with Crippen molar-refractivity contribution in [3.8, 4) is 0 Å². The number of carbonyl (C=O) groups is 8. The molecular weight excluding hydrogens is 1980 g/mol. The number of aromatic nitrogens is 4. The monoisotopic (exact) mass is 2100 g/mol. The third-order valence-electron chi connectivity index (χ3n) is 31.0. The Morgan fingerprint density at radius 3 is 0.875 bits per heavy atom. The summed E-state index contributed by atoms with van der Waals surface area (Å²) in [7, 11) is 0. The zero-order valence-electron chi connectivity index (χ0n) is 78.5. The van der Waals surface area contributed by atoms with Crippen LogP contribution in [0.4, 0.5) is 0 Å². The Morgan fingerprint density at radius 1 is 0.294 bits per heavy atom. The van der Waals surface area contributed by atoms with Gasteiger partial charge in [-0.25, -0.2) is 0 Å². The third kappa shape index (κ3) is 22.7. The Kier molecular flexibility index (Phi) is 32.6. The van der Waals surface area contributed by atoms with Crippen molar-refractivity contribution < 1.29 is 38.4 Å². The fourth-order valence-corrected chi connectivity index (χ4v) is 27.4. The van der Waals surface area contributed by atoms with Crippen molar-refractivity contribution in [2.45, 2.75) is 263 Å². The summed E-state index contributed by atoms with van der Waals surface area (Å²) >= 11 is 35.5. The van der Waals surface area contributed by atoms with Crippen LogP contribution in [0.15, 0.2) is 208 Å². The summed E-state index contributed by atoms with van der Waals surface area (Å²) in [6, 6.07) is 60.3.